The Balaban J connectivity index is 2.03. The van der Waals surface area contributed by atoms with E-state index < -0.39 is 0 Å². The molecule has 6 nitrogen and oxygen atoms in total. The van der Waals surface area contributed by atoms with Gasteiger partial charge in [0.25, 0.3) is 5.91 Å². The van der Waals surface area contributed by atoms with Crippen molar-refractivity contribution >= 4 is 11.7 Å². The van der Waals surface area contributed by atoms with Gasteiger partial charge >= 0.3 is 0 Å². The molecule has 2 rings (SSSR count). The van der Waals surface area contributed by atoms with Crippen molar-refractivity contribution in [3.63, 3.8) is 0 Å². The Kier molecular flexibility index (Phi) is 3.47. The summed E-state index contributed by atoms with van der Waals surface area (Å²) < 4.78 is 0. The van der Waals surface area contributed by atoms with Crippen molar-refractivity contribution in [2.75, 3.05) is 5.73 Å². The standard InChI is InChI=1S/C12H13N5O/c1-8-4-14-3-2-9(8)5-16-12(18)10-6-15-7-11(13)17-10/h2-4,6-7H,5H2,1H3,(H2,13,17)(H,16,18). The van der Waals surface area contributed by atoms with E-state index in [0.29, 0.717) is 6.54 Å². The normalized spacial score (nSPS) is 10.1. The molecule has 0 saturated carbocycles. The Hall–Kier alpha value is -2.50. The van der Waals surface area contributed by atoms with Gasteiger partial charge in [0, 0.05) is 18.9 Å². The van der Waals surface area contributed by atoms with E-state index in [1.54, 1.807) is 12.4 Å². The number of nitrogens with two attached hydrogens (primary N) is 1. The van der Waals surface area contributed by atoms with Gasteiger partial charge in [-0.2, -0.15) is 0 Å². The second kappa shape index (κ2) is 5.22. The maximum absolute atomic E-state index is 11.8. The van der Waals surface area contributed by atoms with Gasteiger partial charge in [-0.1, -0.05) is 0 Å². The average molecular weight is 243 g/mol. The molecule has 0 unspecified atom stereocenters. The van der Waals surface area contributed by atoms with E-state index >= 15 is 0 Å². The van der Waals surface area contributed by atoms with E-state index in [0.717, 1.165) is 11.1 Å². The van der Waals surface area contributed by atoms with Crippen LogP contribution in [0.25, 0.3) is 0 Å². The van der Waals surface area contributed by atoms with E-state index in [4.69, 9.17) is 5.73 Å². The number of anilines is 1. The SMILES string of the molecule is Cc1cnccc1CNC(=O)c1cncc(N)n1. The first kappa shape index (κ1) is 12.0. The van der Waals surface area contributed by atoms with E-state index in [2.05, 4.69) is 20.3 Å². The number of aromatic nitrogens is 3. The smallest absolute Gasteiger partial charge is 0.271 e. The maximum atomic E-state index is 11.8. The quantitative estimate of drug-likeness (QED) is 0.827. The first-order valence-electron chi connectivity index (χ1n) is 5.42. The number of rotatable bonds is 3. The van der Waals surface area contributed by atoms with Gasteiger partial charge in [0.2, 0.25) is 0 Å². The lowest BCUT2D eigenvalue weighted by Gasteiger charge is -2.07. The van der Waals surface area contributed by atoms with Gasteiger partial charge in [-0.15, -0.1) is 0 Å². The summed E-state index contributed by atoms with van der Waals surface area (Å²) in [6.45, 7) is 2.36. The van der Waals surface area contributed by atoms with Crippen LogP contribution in [0, 0.1) is 6.92 Å². The van der Waals surface area contributed by atoms with Crippen LogP contribution in [-0.4, -0.2) is 20.9 Å². The summed E-state index contributed by atoms with van der Waals surface area (Å²) in [4.78, 5) is 23.5. The number of carbonyl (C=O) groups excluding carboxylic acids is 1. The molecule has 92 valence electrons. The van der Waals surface area contributed by atoms with Gasteiger partial charge in [-0.05, 0) is 24.1 Å². The number of hydrogen-bond acceptors (Lipinski definition) is 5. The number of nitrogens with zero attached hydrogens (tertiary/aromatic N) is 3. The molecule has 1 amide bonds. The molecule has 2 aromatic heterocycles. The van der Waals surface area contributed by atoms with Crippen LogP contribution in [0.1, 0.15) is 21.6 Å². The van der Waals surface area contributed by atoms with Crippen molar-refractivity contribution in [3.05, 3.63) is 47.7 Å². The lowest BCUT2D eigenvalue weighted by molar-refractivity contribution is 0.0945. The van der Waals surface area contributed by atoms with Crippen LogP contribution < -0.4 is 11.1 Å². The Labute approximate surface area is 104 Å². The first-order chi connectivity index (χ1) is 8.66. The third-order valence-electron chi connectivity index (χ3n) is 2.46. The number of pyridine rings is 1. The minimum atomic E-state index is -0.300. The molecular weight excluding hydrogens is 230 g/mol. The molecule has 18 heavy (non-hydrogen) atoms. The molecule has 0 aromatic carbocycles. The molecule has 0 spiro atoms. The highest BCUT2D eigenvalue weighted by Crippen LogP contribution is 2.05. The molecule has 0 radical (unpaired) electrons. The molecule has 0 fully saturated rings. The molecule has 0 bridgehead atoms. The van der Waals surface area contributed by atoms with E-state index in [1.807, 2.05) is 13.0 Å². The average Bonchev–Trinajstić information content (AvgIpc) is 2.37. The summed E-state index contributed by atoms with van der Waals surface area (Å²) in [7, 11) is 0. The van der Waals surface area contributed by atoms with Crippen LogP contribution >= 0.6 is 0 Å². The number of carbonyl (C=O) groups is 1. The van der Waals surface area contributed by atoms with Gasteiger partial charge in [-0.3, -0.25) is 14.8 Å². The Morgan fingerprint density at radius 2 is 2.17 bits per heavy atom. The molecule has 2 heterocycles. The Morgan fingerprint density at radius 1 is 1.33 bits per heavy atom. The summed E-state index contributed by atoms with van der Waals surface area (Å²) in [5, 5.41) is 2.76. The van der Waals surface area contributed by atoms with Crippen LogP contribution in [0.2, 0.25) is 0 Å². The highest BCUT2D eigenvalue weighted by Gasteiger charge is 2.08. The number of hydrogen-bond donors (Lipinski definition) is 2. The third kappa shape index (κ3) is 2.79. The van der Waals surface area contributed by atoms with Gasteiger partial charge in [0.05, 0.1) is 12.4 Å². The first-order valence-corrected chi connectivity index (χ1v) is 5.42. The van der Waals surface area contributed by atoms with Crippen molar-refractivity contribution in [3.8, 4) is 0 Å². The summed E-state index contributed by atoms with van der Waals surface area (Å²) in [6.07, 6.45) is 6.21. The molecule has 6 heteroatoms. The monoisotopic (exact) mass is 243 g/mol. The van der Waals surface area contributed by atoms with E-state index in [9.17, 15) is 4.79 Å². The topological polar surface area (TPSA) is 93.8 Å². The minimum absolute atomic E-state index is 0.210. The van der Waals surface area contributed by atoms with Crippen molar-refractivity contribution < 1.29 is 4.79 Å². The van der Waals surface area contributed by atoms with E-state index in [1.165, 1.54) is 12.4 Å². The van der Waals surface area contributed by atoms with Crippen molar-refractivity contribution in [1.29, 1.82) is 0 Å². The van der Waals surface area contributed by atoms with Crippen molar-refractivity contribution in [2.24, 2.45) is 0 Å². The molecular formula is C12H13N5O. The fraction of sp³-hybridized carbons (Fsp3) is 0.167. The molecule has 0 atom stereocenters. The van der Waals surface area contributed by atoms with E-state index in [-0.39, 0.29) is 17.4 Å². The van der Waals surface area contributed by atoms with Crippen LogP contribution in [0.5, 0.6) is 0 Å². The number of amides is 1. The zero-order valence-electron chi connectivity index (χ0n) is 9.92. The zero-order chi connectivity index (χ0) is 13.0. The molecule has 0 aliphatic heterocycles. The predicted molar refractivity (Wildman–Crippen MR) is 66.6 cm³/mol. The summed E-state index contributed by atoms with van der Waals surface area (Å²) in [6, 6.07) is 1.86. The fourth-order valence-corrected chi connectivity index (χ4v) is 1.46. The Morgan fingerprint density at radius 3 is 2.89 bits per heavy atom. The molecule has 2 aromatic rings. The van der Waals surface area contributed by atoms with Gasteiger partial charge in [0.1, 0.15) is 11.5 Å². The zero-order valence-corrected chi connectivity index (χ0v) is 9.92. The lowest BCUT2D eigenvalue weighted by Crippen LogP contribution is -2.24. The minimum Gasteiger partial charge on any atom is -0.382 e. The fourth-order valence-electron chi connectivity index (χ4n) is 1.46. The van der Waals surface area contributed by atoms with Gasteiger partial charge in [-0.25, -0.2) is 4.98 Å². The number of nitrogen functional groups attached to an aromatic ring is 1. The van der Waals surface area contributed by atoms with Crippen LogP contribution in [0.3, 0.4) is 0 Å². The van der Waals surface area contributed by atoms with Crippen LogP contribution in [0.4, 0.5) is 5.82 Å². The van der Waals surface area contributed by atoms with Crippen LogP contribution in [0.15, 0.2) is 30.9 Å². The molecule has 0 saturated heterocycles. The van der Waals surface area contributed by atoms with Crippen molar-refractivity contribution in [2.45, 2.75) is 13.5 Å². The lowest BCUT2D eigenvalue weighted by atomic mass is 10.1. The highest BCUT2D eigenvalue weighted by atomic mass is 16.1. The largest absolute Gasteiger partial charge is 0.382 e. The van der Waals surface area contributed by atoms with Crippen molar-refractivity contribution in [1.82, 2.24) is 20.3 Å². The summed E-state index contributed by atoms with van der Waals surface area (Å²) in [5.74, 6) is -0.0752. The Bertz CT molecular complexity index is 570. The number of nitrogens with one attached hydrogen (secondary N) is 1. The second-order valence-corrected chi connectivity index (χ2v) is 3.81. The summed E-state index contributed by atoms with van der Waals surface area (Å²) in [5.41, 5.74) is 7.71. The molecule has 0 aliphatic rings. The van der Waals surface area contributed by atoms with Gasteiger partial charge in [0.15, 0.2) is 0 Å². The highest BCUT2D eigenvalue weighted by molar-refractivity contribution is 5.92. The second-order valence-electron chi connectivity index (χ2n) is 3.81. The van der Waals surface area contributed by atoms with Crippen LogP contribution in [-0.2, 0) is 6.54 Å². The predicted octanol–water partition coefficient (Wildman–Crippen LogP) is 0.692. The number of aryl methyl sites for hydroxylation is 1. The molecule has 3 N–H and O–H groups in total. The summed E-state index contributed by atoms with van der Waals surface area (Å²) >= 11 is 0. The molecule has 0 aliphatic carbocycles. The third-order valence-corrected chi connectivity index (χ3v) is 2.46. The van der Waals surface area contributed by atoms with Gasteiger partial charge < -0.3 is 11.1 Å². The maximum Gasteiger partial charge on any atom is 0.271 e.